The van der Waals surface area contributed by atoms with Gasteiger partial charge in [0.15, 0.2) is 17.3 Å². The largest absolute Gasteiger partial charge is 0.493 e. The molecule has 1 N–H and O–H groups in total. The second kappa shape index (κ2) is 7.61. The smallest absolute Gasteiger partial charge is 0.416 e. The molecule has 0 radical (unpaired) electrons. The first-order chi connectivity index (χ1) is 15.8. The van der Waals surface area contributed by atoms with Crippen molar-refractivity contribution in [1.82, 2.24) is 9.55 Å². The number of hydrogen-bond acceptors (Lipinski definition) is 6. The van der Waals surface area contributed by atoms with Crippen LogP contribution in [-0.2, 0) is 11.0 Å². The topological polar surface area (TPSA) is 83.8 Å². The average molecular weight is 461 g/mol. The maximum atomic E-state index is 13.0. The molecule has 0 aliphatic carbocycles. The average Bonchev–Trinajstić information content (AvgIpc) is 3.44. The number of hydrogen-bond donors (Lipinski definition) is 1. The van der Waals surface area contributed by atoms with E-state index in [0.29, 0.717) is 45.8 Å². The van der Waals surface area contributed by atoms with Crippen LogP contribution in [0.3, 0.4) is 0 Å². The molecule has 8 nitrogen and oxygen atoms in total. The third-order valence-corrected chi connectivity index (χ3v) is 5.65. The molecule has 172 valence electrons. The lowest BCUT2D eigenvalue weighted by Crippen LogP contribution is -2.25. The fraction of sp³-hybridized carbons (Fsp3) is 0.273. The molecule has 5 rings (SSSR count). The van der Waals surface area contributed by atoms with E-state index in [-0.39, 0.29) is 19.1 Å². The lowest BCUT2D eigenvalue weighted by atomic mass is 9.88. The monoisotopic (exact) mass is 461 g/mol. The van der Waals surface area contributed by atoms with Crippen molar-refractivity contribution in [3.8, 4) is 28.7 Å². The summed E-state index contributed by atoms with van der Waals surface area (Å²) in [4.78, 5) is 16.8. The van der Waals surface area contributed by atoms with E-state index in [9.17, 15) is 18.0 Å². The molecule has 0 unspecified atom stereocenters. The molecule has 1 atom stereocenters. The van der Waals surface area contributed by atoms with E-state index in [1.807, 2.05) is 0 Å². The Balaban J connectivity index is 1.67. The molecule has 11 heteroatoms. The van der Waals surface area contributed by atoms with Crippen molar-refractivity contribution in [2.24, 2.45) is 0 Å². The minimum atomic E-state index is -4.44. The van der Waals surface area contributed by atoms with E-state index in [0.717, 1.165) is 12.1 Å². The van der Waals surface area contributed by atoms with Crippen molar-refractivity contribution in [3.05, 3.63) is 53.5 Å². The quantitative estimate of drug-likeness (QED) is 0.630. The molecular formula is C22H18F3N3O5. The van der Waals surface area contributed by atoms with Gasteiger partial charge in [-0.2, -0.15) is 13.2 Å². The summed E-state index contributed by atoms with van der Waals surface area (Å²) >= 11 is 0. The molecule has 2 aromatic carbocycles. The third kappa shape index (κ3) is 3.40. The Hall–Kier alpha value is -3.89. The highest BCUT2D eigenvalue weighted by Crippen LogP contribution is 2.53. The van der Waals surface area contributed by atoms with Crippen molar-refractivity contribution >= 4 is 11.7 Å². The number of imidazole rings is 1. The van der Waals surface area contributed by atoms with Gasteiger partial charge in [0, 0.05) is 23.6 Å². The summed E-state index contributed by atoms with van der Waals surface area (Å²) < 4.78 is 62.8. The molecule has 0 fully saturated rings. The minimum Gasteiger partial charge on any atom is -0.493 e. The highest BCUT2D eigenvalue weighted by molar-refractivity contribution is 5.94. The van der Waals surface area contributed by atoms with Gasteiger partial charge in [-0.15, -0.1) is 0 Å². The van der Waals surface area contributed by atoms with Gasteiger partial charge in [0.05, 0.1) is 25.5 Å². The van der Waals surface area contributed by atoms with Crippen molar-refractivity contribution in [2.45, 2.75) is 18.5 Å². The SMILES string of the molecule is COc1cc([C@H]2CC(=O)Nc3ncn(-c4ccc(C(F)(F)F)cc4)c32)c(OC)c2c1OCO2. The van der Waals surface area contributed by atoms with Crippen LogP contribution in [0.5, 0.6) is 23.0 Å². The number of anilines is 1. The van der Waals surface area contributed by atoms with Gasteiger partial charge < -0.3 is 28.8 Å². The van der Waals surface area contributed by atoms with Gasteiger partial charge >= 0.3 is 6.18 Å². The summed E-state index contributed by atoms with van der Waals surface area (Å²) in [5, 5.41) is 2.72. The maximum absolute atomic E-state index is 13.0. The Bertz CT molecular complexity index is 1240. The number of rotatable bonds is 4. The van der Waals surface area contributed by atoms with Crippen molar-refractivity contribution in [1.29, 1.82) is 0 Å². The van der Waals surface area contributed by atoms with E-state index < -0.39 is 17.7 Å². The van der Waals surface area contributed by atoms with Gasteiger partial charge in [-0.25, -0.2) is 4.98 Å². The van der Waals surface area contributed by atoms with E-state index in [1.165, 1.54) is 32.7 Å². The minimum absolute atomic E-state index is 0.00854. The number of amides is 1. The van der Waals surface area contributed by atoms with Crippen LogP contribution in [-0.4, -0.2) is 36.5 Å². The summed E-state index contributed by atoms with van der Waals surface area (Å²) in [6.45, 7) is -0.00854. The Morgan fingerprint density at radius 2 is 1.85 bits per heavy atom. The molecule has 0 spiro atoms. The van der Waals surface area contributed by atoms with Crippen molar-refractivity contribution < 1.29 is 36.9 Å². The number of carbonyl (C=O) groups is 1. The van der Waals surface area contributed by atoms with E-state index in [4.69, 9.17) is 18.9 Å². The van der Waals surface area contributed by atoms with Gasteiger partial charge in [0.25, 0.3) is 0 Å². The number of halogens is 3. The maximum Gasteiger partial charge on any atom is 0.416 e. The standard InChI is InChI=1S/C22H18F3N3O5/c1-30-15-7-14(18(31-2)20-19(15)32-10-33-20)13-8-16(29)27-21-17(13)28(9-26-21)12-5-3-11(4-6-12)22(23,24)25/h3-7,9,13H,8,10H2,1-2H3,(H,27,29)/t13-/m1/s1. The molecular weight excluding hydrogens is 443 g/mol. The number of aromatic nitrogens is 2. The van der Waals surface area contributed by atoms with Crippen LogP contribution in [0.2, 0.25) is 0 Å². The number of benzene rings is 2. The van der Waals surface area contributed by atoms with Crippen LogP contribution in [0.4, 0.5) is 19.0 Å². The van der Waals surface area contributed by atoms with Crippen LogP contribution in [0.1, 0.15) is 29.2 Å². The zero-order valence-corrected chi connectivity index (χ0v) is 17.5. The van der Waals surface area contributed by atoms with Crippen molar-refractivity contribution in [3.63, 3.8) is 0 Å². The highest BCUT2D eigenvalue weighted by atomic mass is 19.4. The number of nitrogens with one attached hydrogen (secondary N) is 1. The third-order valence-electron chi connectivity index (χ3n) is 5.65. The summed E-state index contributed by atoms with van der Waals surface area (Å²) in [5.41, 5.74) is 0.897. The number of nitrogens with zero attached hydrogens (tertiary/aromatic N) is 2. The molecule has 0 saturated carbocycles. The number of ether oxygens (including phenoxy) is 4. The molecule has 1 aromatic heterocycles. The number of methoxy groups -OCH3 is 2. The second-order valence-electron chi connectivity index (χ2n) is 7.46. The van der Waals surface area contributed by atoms with Gasteiger partial charge in [0.2, 0.25) is 24.2 Å². The predicted molar refractivity (Wildman–Crippen MR) is 109 cm³/mol. The molecule has 33 heavy (non-hydrogen) atoms. The van der Waals surface area contributed by atoms with E-state index >= 15 is 0 Å². The van der Waals surface area contributed by atoms with Crippen LogP contribution >= 0.6 is 0 Å². The number of alkyl halides is 3. The van der Waals surface area contributed by atoms with Gasteiger partial charge in [-0.3, -0.25) is 4.79 Å². The van der Waals surface area contributed by atoms with Gasteiger partial charge in [-0.05, 0) is 30.3 Å². The summed E-state index contributed by atoms with van der Waals surface area (Å²) in [5.74, 6) is 1.06. The van der Waals surface area contributed by atoms with Gasteiger partial charge in [-0.1, -0.05) is 0 Å². The molecule has 0 saturated heterocycles. The molecule has 0 bridgehead atoms. The summed E-state index contributed by atoms with van der Waals surface area (Å²) in [6, 6.07) is 6.43. The Morgan fingerprint density at radius 1 is 1.12 bits per heavy atom. The zero-order chi connectivity index (χ0) is 23.3. The fourth-order valence-corrected chi connectivity index (χ4v) is 4.18. The zero-order valence-electron chi connectivity index (χ0n) is 17.5. The van der Waals surface area contributed by atoms with E-state index in [1.54, 1.807) is 10.6 Å². The molecule has 3 heterocycles. The Morgan fingerprint density at radius 3 is 2.52 bits per heavy atom. The first-order valence-corrected chi connectivity index (χ1v) is 9.91. The van der Waals surface area contributed by atoms with Gasteiger partial charge in [0.1, 0.15) is 6.33 Å². The van der Waals surface area contributed by atoms with Crippen LogP contribution in [0.25, 0.3) is 5.69 Å². The van der Waals surface area contributed by atoms with Crippen LogP contribution in [0.15, 0.2) is 36.7 Å². The van der Waals surface area contributed by atoms with Crippen molar-refractivity contribution in [2.75, 3.05) is 26.3 Å². The molecule has 2 aliphatic rings. The highest BCUT2D eigenvalue weighted by Gasteiger charge is 2.37. The Kier molecular flexibility index (Phi) is 4.84. The first kappa shape index (κ1) is 21.0. The molecule has 3 aromatic rings. The van der Waals surface area contributed by atoms with E-state index in [2.05, 4.69) is 10.3 Å². The van der Waals surface area contributed by atoms with Crippen LogP contribution in [0, 0.1) is 0 Å². The summed E-state index contributed by atoms with van der Waals surface area (Å²) in [7, 11) is 2.96. The van der Waals surface area contributed by atoms with Crippen LogP contribution < -0.4 is 24.3 Å². The lowest BCUT2D eigenvalue weighted by Gasteiger charge is -2.27. The lowest BCUT2D eigenvalue weighted by molar-refractivity contribution is -0.137. The number of carbonyl (C=O) groups excluding carboxylic acids is 1. The summed E-state index contributed by atoms with van der Waals surface area (Å²) in [6.07, 6.45) is -2.93. The number of fused-ring (bicyclic) bond motifs is 2. The second-order valence-corrected chi connectivity index (χ2v) is 7.46. The fourth-order valence-electron chi connectivity index (χ4n) is 4.18. The predicted octanol–water partition coefficient (Wildman–Crippen LogP) is 4.11. The normalized spacial score (nSPS) is 16.9. The molecule has 2 aliphatic heterocycles. The Labute approximate surface area is 185 Å². The first-order valence-electron chi connectivity index (χ1n) is 9.91. The molecule has 1 amide bonds.